The van der Waals surface area contributed by atoms with Crippen molar-refractivity contribution in [3.8, 4) is 5.75 Å². The van der Waals surface area contributed by atoms with Crippen molar-refractivity contribution in [3.05, 3.63) is 57.9 Å². The van der Waals surface area contributed by atoms with E-state index in [9.17, 15) is 28.5 Å². The van der Waals surface area contributed by atoms with Gasteiger partial charge < -0.3 is 9.94 Å². The second-order valence-electron chi connectivity index (χ2n) is 5.71. The normalized spacial score (nSPS) is 19.9. The molecule has 7 nitrogen and oxygen atoms in total. The summed E-state index contributed by atoms with van der Waals surface area (Å²) in [6.07, 6.45) is -3.58. The first kappa shape index (κ1) is 16.8. The molecule has 1 aromatic carbocycles. The lowest BCUT2D eigenvalue weighted by Crippen LogP contribution is -2.58. The Kier molecular flexibility index (Phi) is 3.70. The van der Waals surface area contributed by atoms with Crippen molar-refractivity contribution in [3.63, 3.8) is 0 Å². The van der Waals surface area contributed by atoms with Gasteiger partial charge in [-0.05, 0) is 19.1 Å². The number of aromatic nitrogens is 1. The first-order valence-electron chi connectivity index (χ1n) is 7.12. The molecule has 0 radical (unpaired) electrons. The van der Waals surface area contributed by atoms with Gasteiger partial charge in [0.25, 0.3) is 11.5 Å². The van der Waals surface area contributed by atoms with Crippen LogP contribution in [0.1, 0.15) is 6.92 Å². The van der Waals surface area contributed by atoms with Gasteiger partial charge >= 0.3 is 6.18 Å². The van der Waals surface area contributed by atoms with Gasteiger partial charge in [-0.15, -0.1) is 0 Å². The molecule has 0 aliphatic carbocycles. The summed E-state index contributed by atoms with van der Waals surface area (Å²) in [6, 6.07) is 7.47. The number of halogens is 3. The Morgan fingerprint density at radius 2 is 2.04 bits per heavy atom. The van der Waals surface area contributed by atoms with Crippen LogP contribution in [0.4, 0.5) is 30.4 Å². The SMILES string of the molecule is C[C@@]1(C(F)(F)F)CN(c2cccc[n+]2[O-])c2cc([N+](=O)[O-])ccc2O1. The highest BCUT2D eigenvalue weighted by Crippen LogP contribution is 2.46. The van der Waals surface area contributed by atoms with Crippen LogP contribution >= 0.6 is 0 Å². The van der Waals surface area contributed by atoms with Crippen LogP contribution in [0.2, 0.25) is 0 Å². The molecule has 1 aromatic heterocycles. The number of non-ortho nitro benzene ring substituents is 1. The molecule has 0 amide bonds. The van der Waals surface area contributed by atoms with Crippen molar-refractivity contribution in [1.82, 2.24) is 0 Å². The quantitative estimate of drug-likeness (QED) is 0.358. The molecule has 2 heterocycles. The van der Waals surface area contributed by atoms with E-state index in [1.807, 2.05) is 0 Å². The molecule has 25 heavy (non-hydrogen) atoms. The van der Waals surface area contributed by atoms with Crippen LogP contribution in [0.5, 0.6) is 5.75 Å². The van der Waals surface area contributed by atoms with E-state index >= 15 is 0 Å². The smallest absolute Gasteiger partial charge is 0.431 e. The number of nitrogens with zero attached hydrogens (tertiary/aromatic N) is 3. The monoisotopic (exact) mass is 355 g/mol. The Balaban J connectivity index is 2.20. The van der Waals surface area contributed by atoms with Gasteiger partial charge in [-0.1, -0.05) is 6.07 Å². The lowest BCUT2D eigenvalue weighted by Gasteiger charge is -2.39. The Labute approximate surface area is 139 Å². The predicted molar refractivity (Wildman–Crippen MR) is 80.6 cm³/mol. The molecule has 0 bridgehead atoms. The maximum atomic E-state index is 13.5. The van der Waals surface area contributed by atoms with E-state index in [1.165, 1.54) is 18.2 Å². The van der Waals surface area contributed by atoms with Crippen molar-refractivity contribution in [2.75, 3.05) is 11.4 Å². The molecule has 10 heteroatoms. The summed E-state index contributed by atoms with van der Waals surface area (Å²) >= 11 is 0. The molecule has 0 fully saturated rings. The molecular formula is C15H12F3N3O4. The van der Waals surface area contributed by atoms with Crippen LogP contribution in [-0.2, 0) is 0 Å². The second-order valence-corrected chi connectivity index (χ2v) is 5.71. The van der Waals surface area contributed by atoms with Gasteiger partial charge in [0.2, 0.25) is 5.60 Å². The fourth-order valence-corrected chi connectivity index (χ4v) is 2.56. The number of hydrogen-bond donors (Lipinski definition) is 0. The molecule has 0 N–H and O–H groups in total. The van der Waals surface area contributed by atoms with Crippen LogP contribution in [-0.4, -0.2) is 23.2 Å². The minimum atomic E-state index is -4.72. The number of pyridine rings is 1. The summed E-state index contributed by atoms with van der Waals surface area (Å²) in [6.45, 7) is 0.138. The van der Waals surface area contributed by atoms with E-state index in [0.29, 0.717) is 4.73 Å². The van der Waals surface area contributed by atoms with Gasteiger partial charge in [0.05, 0.1) is 17.2 Å². The van der Waals surface area contributed by atoms with Crippen molar-refractivity contribution in [1.29, 1.82) is 0 Å². The third-order valence-electron chi connectivity index (χ3n) is 3.92. The summed E-state index contributed by atoms with van der Waals surface area (Å²) in [5.41, 5.74) is -2.89. The summed E-state index contributed by atoms with van der Waals surface area (Å²) in [5.74, 6) is -0.288. The molecular weight excluding hydrogens is 343 g/mol. The van der Waals surface area contributed by atoms with Crippen molar-refractivity contribution in [2.24, 2.45) is 0 Å². The molecule has 0 saturated carbocycles. The zero-order chi connectivity index (χ0) is 18.4. The number of ether oxygens (including phenoxy) is 1. The molecule has 3 rings (SSSR count). The number of hydrogen-bond acceptors (Lipinski definition) is 5. The maximum Gasteiger partial charge on any atom is 0.431 e. The first-order chi connectivity index (χ1) is 11.6. The molecule has 1 aliphatic rings. The zero-order valence-electron chi connectivity index (χ0n) is 12.9. The Bertz CT molecular complexity index is 843. The van der Waals surface area contributed by atoms with Gasteiger partial charge in [0.15, 0.2) is 11.4 Å². The van der Waals surface area contributed by atoms with Crippen molar-refractivity contribution >= 4 is 17.2 Å². The molecule has 1 aliphatic heterocycles. The average molecular weight is 355 g/mol. The van der Waals surface area contributed by atoms with E-state index in [1.54, 1.807) is 0 Å². The van der Waals surface area contributed by atoms with Crippen LogP contribution in [0, 0.1) is 15.3 Å². The topological polar surface area (TPSA) is 82.5 Å². The van der Waals surface area contributed by atoms with Crippen molar-refractivity contribution in [2.45, 2.75) is 18.7 Å². The number of nitro benzene ring substituents is 1. The average Bonchev–Trinajstić information content (AvgIpc) is 2.53. The van der Waals surface area contributed by atoms with E-state index < -0.39 is 23.2 Å². The maximum absolute atomic E-state index is 13.5. The van der Waals surface area contributed by atoms with Crippen LogP contribution in [0.15, 0.2) is 42.6 Å². The predicted octanol–water partition coefficient (Wildman–Crippen LogP) is 3.08. The number of anilines is 2. The van der Waals surface area contributed by atoms with E-state index in [4.69, 9.17) is 4.74 Å². The molecule has 0 spiro atoms. The van der Waals surface area contributed by atoms with Gasteiger partial charge in [-0.2, -0.15) is 13.2 Å². The third kappa shape index (κ3) is 2.79. The number of fused-ring (bicyclic) bond motifs is 1. The number of rotatable bonds is 2. The van der Waals surface area contributed by atoms with E-state index in [-0.39, 0.29) is 22.9 Å². The Hall–Kier alpha value is -3.04. The fraction of sp³-hybridized carbons (Fsp3) is 0.267. The van der Waals surface area contributed by atoms with Gasteiger partial charge in [-0.25, -0.2) is 9.63 Å². The summed E-state index contributed by atoms with van der Waals surface area (Å²) < 4.78 is 45.9. The summed E-state index contributed by atoms with van der Waals surface area (Å²) in [4.78, 5) is 11.4. The zero-order valence-corrected chi connectivity index (χ0v) is 12.9. The van der Waals surface area contributed by atoms with Crippen molar-refractivity contribution < 1.29 is 27.6 Å². The molecule has 0 saturated heterocycles. The van der Waals surface area contributed by atoms with Crippen LogP contribution in [0.3, 0.4) is 0 Å². The fourth-order valence-electron chi connectivity index (χ4n) is 2.56. The first-order valence-corrected chi connectivity index (χ1v) is 7.12. The summed E-state index contributed by atoms with van der Waals surface area (Å²) in [5, 5.41) is 23.0. The second kappa shape index (κ2) is 5.50. The summed E-state index contributed by atoms with van der Waals surface area (Å²) in [7, 11) is 0. The van der Waals surface area contributed by atoms with E-state index in [0.717, 1.165) is 36.2 Å². The Morgan fingerprint density at radius 1 is 1.32 bits per heavy atom. The number of benzene rings is 1. The van der Waals surface area contributed by atoms with Gasteiger partial charge in [-0.3, -0.25) is 10.1 Å². The van der Waals surface area contributed by atoms with Gasteiger partial charge in [0.1, 0.15) is 6.54 Å². The lowest BCUT2D eigenvalue weighted by molar-refractivity contribution is -0.592. The molecule has 0 unspecified atom stereocenters. The third-order valence-corrected chi connectivity index (χ3v) is 3.92. The Morgan fingerprint density at radius 3 is 2.64 bits per heavy atom. The van der Waals surface area contributed by atoms with E-state index in [2.05, 4.69) is 0 Å². The lowest BCUT2D eigenvalue weighted by atomic mass is 10.0. The minimum Gasteiger partial charge on any atom is -0.711 e. The van der Waals surface area contributed by atoms with Gasteiger partial charge in [0, 0.05) is 12.1 Å². The number of nitro groups is 1. The number of alkyl halides is 3. The van der Waals surface area contributed by atoms with Crippen LogP contribution in [0.25, 0.3) is 0 Å². The standard InChI is InChI=1S/C15H12F3N3O4/c1-14(15(16,17)18)9-19(13-4-2-3-7-20(13)22)11-8-10(21(23)24)5-6-12(11)25-14/h2-8H,9H2,1H3/t14-/m0/s1. The molecule has 1 atom stereocenters. The highest BCUT2D eigenvalue weighted by atomic mass is 19.4. The highest BCUT2D eigenvalue weighted by molar-refractivity contribution is 5.71. The largest absolute Gasteiger partial charge is 0.711 e. The van der Waals surface area contributed by atoms with Crippen LogP contribution < -0.4 is 14.4 Å². The highest BCUT2D eigenvalue weighted by Gasteiger charge is 2.59. The molecule has 132 valence electrons. The molecule has 2 aromatic rings. The minimum absolute atomic E-state index is 0.0201.